The highest BCUT2D eigenvalue weighted by Gasteiger charge is 2.05. The van der Waals surface area contributed by atoms with E-state index in [9.17, 15) is 4.79 Å². The molecule has 0 atom stereocenters. The van der Waals surface area contributed by atoms with Crippen molar-refractivity contribution in [2.24, 2.45) is 0 Å². The van der Waals surface area contributed by atoms with E-state index < -0.39 is 0 Å². The SMILES string of the molecule is COc1ccc(OCCn2cnc(C)c(I)c2=O)cc1. The summed E-state index contributed by atoms with van der Waals surface area (Å²) < 4.78 is 12.9. The van der Waals surface area contributed by atoms with Crippen molar-refractivity contribution in [1.82, 2.24) is 9.55 Å². The molecule has 0 spiro atoms. The predicted molar refractivity (Wildman–Crippen MR) is 84.4 cm³/mol. The summed E-state index contributed by atoms with van der Waals surface area (Å²) in [6.07, 6.45) is 1.55. The van der Waals surface area contributed by atoms with E-state index in [1.54, 1.807) is 18.0 Å². The molecule has 0 bridgehead atoms. The number of rotatable bonds is 5. The third-order valence-electron chi connectivity index (χ3n) is 2.82. The van der Waals surface area contributed by atoms with Gasteiger partial charge in [0.05, 0.1) is 29.2 Å². The van der Waals surface area contributed by atoms with Gasteiger partial charge in [-0.15, -0.1) is 0 Å². The third-order valence-corrected chi connectivity index (χ3v) is 4.06. The molecular formula is C14H15IN2O3. The summed E-state index contributed by atoms with van der Waals surface area (Å²) in [6, 6.07) is 7.33. The summed E-state index contributed by atoms with van der Waals surface area (Å²) in [7, 11) is 1.62. The van der Waals surface area contributed by atoms with Crippen LogP contribution in [0.15, 0.2) is 35.4 Å². The number of hydrogen-bond donors (Lipinski definition) is 0. The second-order valence-electron chi connectivity index (χ2n) is 4.17. The zero-order valence-corrected chi connectivity index (χ0v) is 13.5. The summed E-state index contributed by atoms with van der Waals surface area (Å²) in [4.78, 5) is 16.1. The maximum atomic E-state index is 12.0. The molecule has 0 aliphatic rings. The van der Waals surface area contributed by atoms with Gasteiger partial charge in [0, 0.05) is 0 Å². The number of nitrogens with zero attached hydrogens (tertiary/aromatic N) is 2. The van der Waals surface area contributed by atoms with Gasteiger partial charge in [-0.2, -0.15) is 0 Å². The highest BCUT2D eigenvalue weighted by molar-refractivity contribution is 14.1. The average Bonchev–Trinajstić information content (AvgIpc) is 2.48. The lowest BCUT2D eigenvalue weighted by atomic mass is 10.3. The molecule has 0 aliphatic heterocycles. The standard InChI is InChI=1S/C14H15IN2O3/c1-10-13(15)14(18)17(9-16-10)7-8-20-12-5-3-11(19-2)4-6-12/h3-6,9H,7-8H2,1-2H3. The van der Waals surface area contributed by atoms with E-state index in [0.29, 0.717) is 16.7 Å². The van der Waals surface area contributed by atoms with Crippen molar-refractivity contribution >= 4 is 22.6 Å². The first-order valence-corrected chi connectivity index (χ1v) is 7.18. The molecule has 2 aromatic rings. The van der Waals surface area contributed by atoms with Gasteiger partial charge in [0.2, 0.25) is 0 Å². The molecule has 0 amide bonds. The van der Waals surface area contributed by atoms with Crippen LogP contribution in [-0.4, -0.2) is 23.3 Å². The zero-order valence-electron chi connectivity index (χ0n) is 11.3. The van der Waals surface area contributed by atoms with Gasteiger partial charge in [-0.1, -0.05) is 0 Å². The minimum Gasteiger partial charge on any atom is -0.497 e. The molecular weight excluding hydrogens is 371 g/mol. The van der Waals surface area contributed by atoms with E-state index >= 15 is 0 Å². The Morgan fingerprint density at radius 2 is 1.90 bits per heavy atom. The van der Waals surface area contributed by atoms with Gasteiger partial charge in [-0.05, 0) is 53.8 Å². The number of aromatic nitrogens is 2. The number of hydrogen-bond acceptors (Lipinski definition) is 4. The van der Waals surface area contributed by atoms with Crippen LogP contribution in [-0.2, 0) is 6.54 Å². The number of methoxy groups -OCH3 is 1. The van der Waals surface area contributed by atoms with Crippen LogP contribution in [0.25, 0.3) is 0 Å². The monoisotopic (exact) mass is 386 g/mol. The van der Waals surface area contributed by atoms with Crippen molar-refractivity contribution < 1.29 is 9.47 Å². The van der Waals surface area contributed by atoms with E-state index in [2.05, 4.69) is 4.98 Å². The molecule has 0 radical (unpaired) electrons. The number of aryl methyl sites for hydroxylation is 1. The quantitative estimate of drug-likeness (QED) is 0.740. The number of halogens is 1. The van der Waals surface area contributed by atoms with Crippen molar-refractivity contribution in [2.45, 2.75) is 13.5 Å². The smallest absolute Gasteiger partial charge is 0.267 e. The van der Waals surface area contributed by atoms with Crippen molar-refractivity contribution in [2.75, 3.05) is 13.7 Å². The largest absolute Gasteiger partial charge is 0.497 e. The third kappa shape index (κ3) is 3.50. The Labute approximate surface area is 130 Å². The van der Waals surface area contributed by atoms with Gasteiger partial charge in [-0.25, -0.2) is 4.98 Å². The first-order valence-electron chi connectivity index (χ1n) is 6.10. The first kappa shape index (κ1) is 14.8. The van der Waals surface area contributed by atoms with Crippen LogP contribution in [0.3, 0.4) is 0 Å². The van der Waals surface area contributed by atoms with Crippen molar-refractivity contribution in [3.05, 3.63) is 50.2 Å². The van der Waals surface area contributed by atoms with Crippen LogP contribution in [0.4, 0.5) is 0 Å². The summed E-state index contributed by atoms with van der Waals surface area (Å²) in [5, 5.41) is 0. The maximum Gasteiger partial charge on any atom is 0.267 e. The molecule has 6 heteroatoms. The van der Waals surface area contributed by atoms with Gasteiger partial charge < -0.3 is 9.47 Å². The summed E-state index contributed by atoms with van der Waals surface area (Å²) >= 11 is 2.02. The summed E-state index contributed by atoms with van der Waals surface area (Å²) in [5.74, 6) is 1.53. The Kier molecular flexibility index (Phi) is 4.99. The molecule has 0 saturated heterocycles. The Morgan fingerprint density at radius 3 is 2.55 bits per heavy atom. The zero-order chi connectivity index (χ0) is 14.5. The fourth-order valence-electron chi connectivity index (χ4n) is 1.64. The highest BCUT2D eigenvalue weighted by atomic mass is 127. The van der Waals surface area contributed by atoms with Crippen LogP contribution in [0.2, 0.25) is 0 Å². The van der Waals surface area contributed by atoms with Crippen LogP contribution in [0, 0.1) is 10.5 Å². The fraction of sp³-hybridized carbons (Fsp3) is 0.286. The second-order valence-corrected chi connectivity index (χ2v) is 5.25. The summed E-state index contributed by atoms with van der Waals surface area (Å²) in [6.45, 7) is 2.70. The Bertz CT molecular complexity index is 638. The molecule has 2 rings (SSSR count). The lowest BCUT2D eigenvalue weighted by molar-refractivity contribution is 0.294. The van der Waals surface area contributed by atoms with E-state index in [0.717, 1.165) is 17.2 Å². The predicted octanol–water partition coefficient (Wildman–Crippen LogP) is 2.24. The normalized spacial score (nSPS) is 10.3. The maximum absolute atomic E-state index is 12.0. The number of ether oxygens (including phenoxy) is 2. The first-order chi connectivity index (χ1) is 9.61. The topological polar surface area (TPSA) is 53.4 Å². The molecule has 0 aliphatic carbocycles. The molecule has 1 aromatic carbocycles. The Hall–Kier alpha value is -1.57. The fourth-order valence-corrected chi connectivity index (χ4v) is 2.09. The van der Waals surface area contributed by atoms with Gasteiger partial charge in [0.25, 0.3) is 5.56 Å². The average molecular weight is 386 g/mol. The molecule has 0 saturated carbocycles. The molecule has 0 fully saturated rings. The molecule has 106 valence electrons. The molecule has 1 heterocycles. The van der Waals surface area contributed by atoms with E-state index in [-0.39, 0.29) is 5.56 Å². The Morgan fingerprint density at radius 1 is 1.25 bits per heavy atom. The highest BCUT2D eigenvalue weighted by Crippen LogP contribution is 2.16. The van der Waals surface area contributed by atoms with E-state index in [1.807, 2.05) is 53.8 Å². The van der Waals surface area contributed by atoms with Crippen molar-refractivity contribution in [3.8, 4) is 11.5 Å². The number of benzene rings is 1. The summed E-state index contributed by atoms with van der Waals surface area (Å²) in [5.41, 5.74) is 0.722. The van der Waals surface area contributed by atoms with Gasteiger partial charge >= 0.3 is 0 Å². The van der Waals surface area contributed by atoms with Crippen molar-refractivity contribution in [1.29, 1.82) is 0 Å². The van der Waals surface area contributed by atoms with Crippen LogP contribution in [0.5, 0.6) is 11.5 Å². The van der Waals surface area contributed by atoms with Crippen LogP contribution >= 0.6 is 22.6 Å². The van der Waals surface area contributed by atoms with Crippen molar-refractivity contribution in [3.63, 3.8) is 0 Å². The Balaban J connectivity index is 1.96. The molecule has 1 aromatic heterocycles. The minimum absolute atomic E-state index is 0.0311. The molecule has 0 N–H and O–H groups in total. The lowest BCUT2D eigenvalue weighted by Crippen LogP contribution is -2.26. The van der Waals surface area contributed by atoms with E-state index in [4.69, 9.17) is 9.47 Å². The minimum atomic E-state index is -0.0311. The van der Waals surface area contributed by atoms with Gasteiger partial charge in [0.1, 0.15) is 18.1 Å². The van der Waals surface area contributed by atoms with Gasteiger partial charge in [0.15, 0.2) is 0 Å². The van der Waals surface area contributed by atoms with Crippen LogP contribution < -0.4 is 15.0 Å². The lowest BCUT2D eigenvalue weighted by Gasteiger charge is -2.09. The second kappa shape index (κ2) is 6.74. The van der Waals surface area contributed by atoms with Crippen LogP contribution in [0.1, 0.15) is 5.69 Å². The molecule has 5 nitrogen and oxygen atoms in total. The molecule has 20 heavy (non-hydrogen) atoms. The van der Waals surface area contributed by atoms with Gasteiger partial charge in [-0.3, -0.25) is 9.36 Å². The van der Waals surface area contributed by atoms with E-state index in [1.165, 1.54) is 0 Å². The molecule has 0 unspecified atom stereocenters.